The molecule has 0 atom stereocenters. The molecule has 1 saturated heterocycles. The van der Waals surface area contributed by atoms with Crippen molar-refractivity contribution in [2.45, 2.75) is 26.2 Å². The molecular weight excluding hydrogens is 412 g/mol. The fraction of sp³-hybridized carbons (Fsp3) is 0.261. The zero-order chi connectivity index (χ0) is 21.6. The lowest BCUT2D eigenvalue weighted by Crippen LogP contribution is -2.31. The van der Waals surface area contributed by atoms with Gasteiger partial charge < -0.3 is 20.9 Å². The molecule has 2 heterocycles. The summed E-state index contributed by atoms with van der Waals surface area (Å²) in [6.07, 6.45) is 3.63. The molecule has 1 fully saturated rings. The van der Waals surface area contributed by atoms with E-state index in [1.54, 1.807) is 24.3 Å². The Morgan fingerprint density at radius 1 is 0.871 bits per heavy atom. The number of hydrogen-bond acceptors (Lipinski definition) is 5. The number of urea groups is 1. The number of benzene rings is 2. The van der Waals surface area contributed by atoms with E-state index in [2.05, 4.69) is 25.8 Å². The molecule has 8 heteroatoms. The molecule has 7 nitrogen and oxygen atoms in total. The van der Waals surface area contributed by atoms with Crippen LogP contribution in [-0.4, -0.2) is 29.1 Å². The molecule has 4 rings (SSSR count). The lowest BCUT2D eigenvalue weighted by Gasteiger charge is -2.27. The number of rotatable bonds is 5. The predicted molar refractivity (Wildman–Crippen MR) is 127 cm³/mol. The number of halogens is 1. The van der Waals surface area contributed by atoms with Gasteiger partial charge in [0.05, 0.1) is 0 Å². The van der Waals surface area contributed by atoms with Crippen molar-refractivity contribution in [3.8, 4) is 0 Å². The van der Waals surface area contributed by atoms with E-state index in [4.69, 9.17) is 16.6 Å². The summed E-state index contributed by atoms with van der Waals surface area (Å²) in [5, 5.41) is 9.54. The summed E-state index contributed by atoms with van der Waals surface area (Å²) in [6, 6.07) is 16.0. The van der Waals surface area contributed by atoms with Crippen LogP contribution in [0.5, 0.6) is 0 Å². The number of anilines is 5. The first-order valence-electron chi connectivity index (χ1n) is 10.4. The highest BCUT2D eigenvalue weighted by Gasteiger charge is 2.14. The lowest BCUT2D eigenvalue weighted by atomic mass is 10.1. The second kappa shape index (κ2) is 9.66. The molecule has 1 aliphatic heterocycles. The fourth-order valence-electron chi connectivity index (χ4n) is 3.46. The molecule has 1 aromatic heterocycles. The third-order valence-corrected chi connectivity index (χ3v) is 5.25. The topological polar surface area (TPSA) is 82.2 Å². The molecule has 3 N–H and O–H groups in total. The number of aryl methyl sites for hydroxylation is 1. The van der Waals surface area contributed by atoms with Crippen LogP contribution in [0.15, 0.2) is 54.6 Å². The van der Waals surface area contributed by atoms with Crippen LogP contribution < -0.4 is 20.9 Å². The van der Waals surface area contributed by atoms with Crippen molar-refractivity contribution >= 4 is 46.5 Å². The van der Waals surface area contributed by atoms with Crippen molar-refractivity contribution in [2.75, 3.05) is 33.9 Å². The fourth-order valence-corrected chi connectivity index (χ4v) is 3.59. The summed E-state index contributed by atoms with van der Waals surface area (Å²) in [6.45, 7) is 3.98. The minimum atomic E-state index is -0.319. The second-order valence-corrected chi connectivity index (χ2v) is 7.97. The normalized spacial score (nSPS) is 13.5. The molecule has 0 saturated carbocycles. The Morgan fingerprint density at radius 3 is 2.10 bits per heavy atom. The maximum atomic E-state index is 12.2. The number of carbonyl (C=O) groups excluding carboxylic acids is 1. The molecule has 0 radical (unpaired) electrons. The van der Waals surface area contributed by atoms with Crippen molar-refractivity contribution in [1.82, 2.24) is 9.97 Å². The van der Waals surface area contributed by atoms with Crippen molar-refractivity contribution in [2.24, 2.45) is 0 Å². The van der Waals surface area contributed by atoms with E-state index in [1.165, 1.54) is 19.3 Å². The first-order chi connectivity index (χ1) is 15.0. The Kier molecular flexibility index (Phi) is 6.52. The standard InChI is InChI=1S/C23H25ClN6O/c1-16-15-21(29-22(25-16)30-13-3-2-4-14-30)26-18-9-11-20(12-10-18)28-23(31)27-19-7-5-17(24)6-8-19/h5-12,15H,2-4,13-14H2,1H3,(H,25,26,29)(H2,27,28,31). The summed E-state index contributed by atoms with van der Waals surface area (Å²) in [5.41, 5.74) is 3.16. The minimum absolute atomic E-state index is 0.319. The van der Waals surface area contributed by atoms with Crippen molar-refractivity contribution in [3.63, 3.8) is 0 Å². The third-order valence-electron chi connectivity index (χ3n) is 5.00. The number of nitrogens with one attached hydrogen (secondary N) is 3. The van der Waals surface area contributed by atoms with E-state index in [9.17, 15) is 4.79 Å². The van der Waals surface area contributed by atoms with E-state index in [1.807, 2.05) is 37.3 Å². The number of nitrogens with zero attached hydrogens (tertiary/aromatic N) is 3. The number of carbonyl (C=O) groups is 1. The predicted octanol–water partition coefficient (Wildman–Crippen LogP) is 5.82. The van der Waals surface area contributed by atoms with Crippen LogP contribution in [0.3, 0.4) is 0 Å². The summed E-state index contributed by atoms with van der Waals surface area (Å²) in [4.78, 5) is 23.7. The van der Waals surface area contributed by atoms with Crippen LogP contribution in [0.1, 0.15) is 25.0 Å². The van der Waals surface area contributed by atoms with Gasteiger partial charge in [-0.15, -0.1) is 0 Å². The van der Waals surface area contributed by atoms with Gasteiger partial charge in [0, 0.05) is 46.9 Å². The Balaban J connectivity index is 1.37. The summed E-state index contributed by atoms with van der Waals surface area (Å²) >= 11 is 5.86. The van der Waals surface area contributed by atoms with E-state index < -0.39 is 0 Å². The van der Waals surface area contributed by atoms with Gasteiger partial charge in [-0.1, -0.05) is 11.6 Å². The monoisotopic (exact) mass is 436 g/mol. The molecule has 0 unspecified atom stereocenters. The van der Waals surface area contributed by atoms with Crippen LogP contribution in [0.2, 0.25) is 5.02 Å². The number of aromatic nitrogens is 2. The molecule has 0 spiro atoms. The Bertz CT molecular complexity index is 1030. The minimum Gasteiger partial charge on any atom is -0.341 e. The van der Waals surface area contributed by atoms with E-state index in [0.717, 1.165) is 36.2 Å². The van der Waals surface area contributed by atoms with E-state index >= 15 is 0 Å². The van der Waals surface area contributed by atoms with Gasteiger partial charge in [0.15, 0.2) is 0 Å². The Hall–Kier alpha value is -3.32. The van der Waals surface area contributed by atoms with Gasteiger partial charge in [0.1, 0.15) is 5.82 Å². The molecule has 31 heavy (non-hydrogen) atoms. The van der Waals surface area contributed by atoms with Gasteiger partial charge >= 0.3 is 6.03 Å². The van der Waals surface area contributed by atoms with Crippen molar-refractivity contribution < 1.29 is 4.79 Å². The van der Waals surface area contributed by atoms with Crippen LogP contribution in [0, 0.1) is 6.92 Å². The molecule has 0 aliphatic carbocycles. The van der Waals surface area contributed by atoms with E-state index in [0.29, 0.717) is 16.4 Å². The number of amides is 2. The van der Waals surface area contributed by atoms with Crippen LogP contribution in [0.25, 0.3) is 0 Å². The Labute approximate surface area is 186 Å². The smallest absolute Gasteiger partial charge is 0.323 e. The van der Waals surface area contributed by atoms with Gasteiger partial charge in [-0.05, 0) is 74.7 Å². The Morgan fingerprint density at radius 2 is 1.45 bits per heavy atom. The summed E-state index contributed by atoms with van der Waals surface area (Å²) in [7, 11) is 0. The van der Waals surface area contributed by atoms with Gasteiger partial charge in [-0.3, -0.25) is 0 Å². The highest BCUT2D eigenvalue weighted by molar-refractivity contribution is 6.30. The van der Waals surface area contributed by atoms with Crippen molar-refractivity contribution in [3.05, 3.63) is 65.3 Å². The first kappa shape index (κ1) is 20.9. The van der Waals surface area contributed by atoms with Crippen LogP contribution in [-0.2, 0) is 0 Å². The van der Waals surface area contributed by atoms with Gasteiger partial charge in [-0.25, -0.2) is 9.78 Å². The lowest BCUT2D eigenvalue weighted by molar-refractivity contribution is 0.262. The molecule has 0 bridgehead atoms. The molecular formula is C23H25ClN6O. The highest BCUT2D eigenvalue weighted by Crippen LogP contribution is 2.22. The SMILES string of the molecule is Cc1cc(Nc2ccc(NC(=O)Nc3ccc(Cl)cc3)cc2)nc(N2CCCCC2)n1. The van der Waals surface area contributed by atoms with E-state index in [-0.39, 0.29) is 6.03 Å². The number of hydrogen-bond donors (Lipinski definition) is 3. The third kappa shape index (κ3) is 5.86. The quantitative estimate of drug-likeness (QED) is 0.469. The van der Waals surface area contributed by atoms with Gasteiger partial charge in [0.2, 0.25) is 5.95 Å². The average Bonchev–Trinajstić information content (AvgIpc) is 2.77. The summed E-state index contributed by atoms with van der Waals surface area (Å²) < 4.78 is 0. The zero-order valence-corrected chi connectivity index (χ0v) is 18.1. The zero-order valence-electron chi connectivity index (χ0n) is 17.4. The first-order valence-corrected chi connectivity index (χ1v) is 10.7. The van der Waals surface area contributed by atoms with Crippen LogP contribution >= 0.6 is 11.6 Å². The summed E-state index contributed by atoms with van der Waals surface area (Å²) in [5.74, 6) is 1.54. The van der Waals surface area contributed by atoms with Crippen LogP contribution in [0.4, 0.5) is 33.6 Å². The van der Waals surface area contributed by atoms with Gasteiger partial charge in [0.25, 0.3) is 0 Å². The average molecular weight is 437 g/mol. The molecule has 2 aromatic carbocycles. The molecule has 3 aromatic rings. The molecule has 1 aliphatic rings. The van der Waals surface area contributed by atoms with Crippen molar-refractivity contribution in [1.29, 1.82) is 0 Å². The molecule has 160 valence electrons. The van der Waals surface area contributed by atoms with Gasteiger partial charge in [-0.2, -0.15) is 4.98 Å². The number of piperidine rings is 1. The maximum Gasteiger partial charge on any atom is 0.323 e. The largest absolute Gasteiger partial charge is 0.341 e. The highest BCUT2D eigenvalue weighted by atomic mass is 35.5. The second-order valence-electron chi connectivity index (χ2n) is 7.53. The molecule has 2 amide bonds. The maximum absolute atomic E-state index is 12.2.